The maximum atomic E-state index is 12.0. The Bertz CT molecular complexity index is 1080. The van der Waals surface area contributed by atoms with E-state index in [1.54, 1.807) is 12.1 Å². The number of hydrogen-bond donors (Lipinski definition) is 2. The molecule has 3 aromatic rings. The number of benzene rings is 2. The predicted molar refractivity (Wildman–Crippen MR) is 116 cm³/mol. The van der Waals surface area contributed by atoms with Gasteiger partial charge in [0.15, 0.2) is 0 Å². The number of carbonyl (C=O) groups is 2. The number of aromatic nitrogens is 1. The monoisotopic (exact) mass is 408 g/mol. The molecule has 0 saturated heterocycles. The number of aryl methyl sites for hydroxylation is 2. The van der Waals surface area contributed by atoms with Gasteiger partial charge in [0.2, 0.25) is 0 Å². The Balaban J connectivity index is 1.68. The number of rotatable bonds is 4. The predicted octanol–water partition coefficient (Wildman–Crippen LogP) is 4.14. The van der Waals surface area contributed by atoms with Gasteiger partial charge in [-0.3, -0.25) is 9.59 Å². The van der Waals surface area contributed by atoms with Crippen molar-refractivity contribution in [3.8, 4) is 5.69 Å². The van der Waals surface area contributed by atoms with Crippen LogP contribution in [0.4, 0.5) is 5.69 Å². The van der Waals surface area contributed by atoms with Crippen LogP contribution in [0.1, 0.15) is 22.5 Å². The molecule has 0 unspecified atom stereocenters. The largest absolute Gasteiger partial charge is 0.329 e. The van der Waals surface area contributed by atoms with Gasteiger partial charge >= 0.3 is 11.8 Å². The average molecular weight is 409 g/mol. The van der Waals surface area contributed by atoms with E-state index in [0.29, 0.717) is 10.7 Å². The van der Waals surface area contributed by atoms with Crippen molar-refractivity contribution in [2.24, 2.45) is 5.10 Å². The third-order valence-electron chi connectivity index (χ3n) is 4.45. The summed E-state index contributed by atoms with van der Waals surface area (Å²) in [5, 5.41) is 7.08. The van der Waals surface area contributed by atoms with Crippen molar-refractivity contribution in [2.75, 3.05) is 5.32 Å². The van der Waals surface area contributed by atoms with E-state index in [-0.39, 0.29) is 0 Å². The Morgan fingerprint density at radius 1 is 1.00 bits per heavy atom. The summed E-state index contributed by atoms with van der Waals surface area (Å²) < 4.78 is 2.01. The van der Waals surface area contributed by atoms with Crippen LogP contribution in [0.15, 0.2) is 59.7 Å². The molecule has 0 radical (unpaired) electrons. The standard InChI is InChI=1S/C22H21ClN4O2/c1-14-8-10-18(11-9-14)25-21(28)22(29)26-24-13-17-12-15(2)27(16(17)3)20-7-5-4-6-19(20)23/h4-13H,1-3H3,(H,25,28)(H,26,29)/b24-13-. The molecule has 1 aromatic heterocycles. The van der Waals surface area contributed by atoms with Crippen LogP contribution in [0, 0.1) is 20.8 Å². The van der Waals surface area contributed by atoms with Crippen molar-refractivity contribution in [1.29, 1.82) is 0 Å². The summed E-state index contributed by atoms with van der Waals surface area (Å²) >= 11 is 6.31. The highest BCUT2D eigenvalue weighted by atomic mass is 35.5. The van der Waals surface area contributed by atoms with E-state index in [9.17, 15) is 9.59 Å². The van der Waals surface area contributed by atoms with Crippen molar-refractivity contribution < 1.29 is 9.59 Å². The van der Waals surface area contributed by atoms with E-state index < -0.39 is 11.8 Å². The number of nitrogens with zero attached hydrogens (tertiary/aromatic N) is 2. The third-order valence-corrected chi connectivity index (χ3v) is 4.77. The first kappa shape index (κ1) is 20.4. The number of amides is 2. The molecule has 0 atom stereocenters. The summed E-state index contributed by atoms with van der Waals surface area (Å²) in [4.78, 5) is 23.9. The molecule has 0 aliphatic carbocycles. The summed E-state index contributed by atoms with van der Waals surface area (Å²) in [5.41, 5.74) is 7.42. The van der Waals surface area contributed by atoms with Crippen molar-refractivity contribution in [3.63, 3.8) is 0 Å². The summed E-state index contributed by atoms with van der Waals surface area (Å²) in [6, 6.07) is 16.6. The minimum absolute atomic E-state index is 0.544. The number of anilines is 1. The van der Waals surface area contributed by atoms with Crippen LogP contribution in [0.2, 0.25) is 5.02 Å². The average Bonchev–Trinajstić information content (AvgIpc) is 2.97. The SMILES string of the molecule is Cc1ccc(NC(=O)C(=O)N/N=C\c2cc(C)n(-c3ccccc3Cl)c2C)cc1. The molecule has 29 heavy (non-hydrogen) atoms. The van der Waals surface area contributed by atoms with Gasteiger partial charge in [0.1, 0.15) is 0 Å². The van der Waals surface area contributed by atoms with Crippen molar-refractivity contribution in [2.45, 2.75) is 20.8 Å². The lowest BCUT2D eigenvalue weighted by atomic mass is 10.2. The molecule has 2 aromatic carbocycles. The smallest absolute Gasteiger partial charge is 0.318 e. The number of para-hydroxylation sites is 1. The van der Waals surface area contributed by atoms with Crippen molar-refractivity contribution >= 4 is 35.3 Å². The van der Waals surface area contributed by atoms with Gasteiger partial charge in [-0.15, -0.1) is 0 Å². The zero-order chi connectivity index (χ0) is 21.0. The molecule has 0 saturated carbocycles. The Labute approximate surface area is 174 Å². The zero-order valence-corrected chi connectivity index (χ0v) is 17.1. The molecule has 6 nitrogen and oxygen atoms in total. The van der Waals surface area contributed by atoms with Gasteiger partial charge in [-0.1, -0.05) is 41.4 Å². The summed E-state index contributed by atoms with van der Waals surface area (Å²) in [6.45, 7) is 5.83. The molecule has 1 heterocycles. The first-order valence-electron chi connectivity index (χ1n) is 9.01. The number of nitrogens with one attached hydrogen (secondary N) is 2. The molecular weight excluding hydrogens is 388 g/mol. The summed E-state index contributed by atoms with van der Waals surface area (Å²) in [7, 11) is 0. The summed E-state index contributed by atoms with van der Waals surface area (Å²) in [5.74, 6) is -1.63. The van der Waals surface area contributed by atoms with E-state index >= 15 is 0 Å². The first-order chi connectivity index (χ1) is 13.9. The van der Waals surface area contributed by atoms with Gasteiger partial charge < -0.3 is 9.88 Å². The van der Waals surface area contributed by atoms with E-state index in [2.05, 4.69) is 15.8 Å². The topological polar surface area (TPSA) is 75.5 Å². The van der Waals surface area contributed by atoms with Crippen molar-refractivity contribution in [1.82, 2.24) is 9.99 Å². The molecule has 0 spiro atoms. The second-order valence-corrected chi connectivity index (χ2v) is 7.04. The first-order valence-corrected chi connectivity index (χ1v) is 9.39. The maximum Gasteiger partial charge on any atom is 0.329 e. The molecule has 7 heteroatoms. The van der Waals surface area contributed by atoms with Gasteiger partial charge in [0.05, 0.1) is 16.9 Å². The Morgan fingerprint density at radius 2 is 1.69 bits per heavy atom. The van der Waals surface area contributed by atoms with Gasteiger partial charge in [0.25, 0.3) is 0 Å². The lowest BCUT2D eigenvalue weighted by molar-refractivity contribution is -0.136. The normalized spacial score (nSPS) is 10.9. The van der Waals surface area contributed by atoms with Crippen LogP contribution in [-0.2, 0) is 9.59 Å². The molecule has 2 amide bonds. The number of hydrogen-bond acceptors (Lipinski definition) is 3. The highest BCUT2D eigenvalue weighted by Crippen LogP contribution is 2.25. The minimum Gasteiger partial charge on any atom is -0.318 e. The lowest BCUT2D eigenvalue weighted by Crippen LogP contribution is -2.32. The highest BCUT2D eigenvalue weighted by molar-refractivity contribution is 6.39. The highest BCUT2D eigenvalue weighted by Gasteiger charge is 2.14. The second-order valence-electron chi connectivity index (χ2n) is 6.63. The van der Waals surface area contributed by atoms with E-state index in [4.69, 9.17) is 11.6 Å². The zero-order valence-electron chi connectivity index (χ0n) is 16.4. The quantitative estimate of drug-likeness (QED) is 0.386. The fraction of sp³-hybridized carbons (Fsp3) is 0.136. The van der Waals surface area contributed by atoms with Crippen LogP contribution >= 0.6 is 11.6 Å². The van der Waals surface area contributed by atoms with Gasteiger partial charge in [0, 0.05) is 22.6 Å². The van der Waals surface area contributed by atoms with Crippen LogP contribution in [0.5, 0.6) is 0 Å². The van der Waals surface area contributed by atoms with Gasteiger partial charge in [-0.05, 0) is 51.1 Å². The van der Waals surface area contributed by atoms with Gasteiger partial charge in [-0.2, -0.15) is 5.10 Å². The summed E-state index contributed by atoms with van der Waals surface area (Å²) in [6.07, 6.45) is 1.51. The van der Waals surface area contributed by atoms with E-state index in [1.165, 1.54) is 6.21 Å². The molecule has 148 valence electrons. The van der Waals surface area contributed by atoms with Crippen LogP contribution in [0.25, 0.3) is 5.69 Å². The van der Waals surface area contributed by atoms with Gasteiger partial charge in [-0.25, -0.2) is 5.43 Å². The van der Waals surface area contributed by atoms with Crippen LogP contribution in [0.3, 0.4) is 0 Å². The molecule has 0 aliphatic rings. The third kappa shape index (κ3) is 4.73. The van der Waals surface area contributed by atoms with E-state index in [1.807, 2.05) is 67.8 Å². The molecule has 0 aliphatic heterocycles. The number of halogens is 1. The molecule has 3 rings (SSSR count). The fourth-order valence-corrected chi connectivity index (χ4v) is 3.18. The lowest BCUT2D eigenvalue weighted by Gasteiger charge is -2.11. The maximum absolute atomic E-state index is 12.0. The fourth-order valence-electron chi connectivity index (χ4n) is 2.96. The van der Waals surface area contributed by atoms with Crippen molar-refractivity contribution in [3.05, 3.63) is 82.1 Å². The second kappa shape index (κ2) is 8.75. The minimum atomic E-state index is -0.846. The van der Waals surface area contributed by atoms with Crippen LogP contribution in [-0.4, -0.2) is 22.6 Å². The number of hydrazone groups is 1. The van der Waals surface area contributed by atoms with Crippen LogP contribution < -0.4 is 10.7 Å². The molecular formula is C22H21ClN4O2. The Kier molecular flexibility index (Phi) is 6.14. The van der Waals surface area contributed by atoms with E-state index in [0.717, 1.165) is 28.2 Å². The molecule has 0 fully saturated rings. The molecule has 2 N–H and O–H groups in total. The Hall–Kier alpha value is -3.38. The Morgan fingerprint density at radius 3 is 2.38 bits per heavy atom. The molecule has 0 bridgehead atoms. The number of carbonyl (C=O) groups excluding carboxylic acids is 2.